The molecule has 27 heavy (non-hydrogen) atoms. The minimum absolute atomic E-state index is 0.0710. The summed E-state index contributed by atoms with van der Waals surface area (Å²) >= 11 is 0. The summed E-state index contributed by atoms with van der Waals surface area (Å²) in [6.07, 6.45) is -5.65. The summed E-state index contributed by atoms with van der Waals surface area (Å²) in [7, 11) is -2.60. The van der Waals surface area contributed by atoms with Gasteiger partial charge in [0.2, 0.25) is 0 Å². The van der Waals surface area contributed by atoms with Gasteiger partial charge in [0.25, 0.3) is 10.1 Å². The van der Waals surface area contributed by atoms with E-state index in [0.29, 0.717) is 11.3 Å². The summed E-state index contributed by atoms with van der Waals surface area (Å²) in [4.78, 5) is -0.0775. The van der Waals surface area contributed by atoms with Crippen LogP contribution in [0.25, 0.3) is 11.1 Å². The van der Waals surface area contributed by atoms with Crippen LogP contribution in [0.5, 0.6) is 5.75 Å². The number of halogens is 3. The van der Waals surface area contributed by atoms with E-state index in [9.17, 15) is 21.6 Å². The molecule has 0 amide bonds. The normalized spacial score (nSPS) is 20.6. The second kappa shape index (κ2) is 7.52. The standard InChI is InChI=1S/C19H19F3O4S/c1-25-16-8-5-13(6-9-16)14-3-2-4-18(11-14)27(23,24)26-17-10-7-15(12-17)19(20,21)22/h2-6,8-9,11,15,17H,7,10,12H2,1H3. The Bertz CT molecular complexity index is 892. The van der Waals surface area contributed by atoms with Gasteiger partial charge in [0.15, 0.2) is 0 Å². The highest BCUT2D eigenvalue weighted by molar-refractivity contribution is 7.86. The van der Waals surface area contributed by atoms with E-state index in [1.807, 2.05) is 0 Å². The number of rotatable bonds is 5. The average Bonchev–Trinajstić information content (AvgIpc) is 3.10. The topological polar surface area (TPSA) is 52.6 Å². The van der Waals surface area contributed by atoms with Crippen molar-refractivity contribution in [2.24, 2.45) is 5.92 Å². The fraction of sp³-hybridized carbons (Fsp3) is 0.368. The van der Waals surface area contributed by atoms with E-state index in [0.717, 1.165) is 5.56 Å². The van der Waals surface area contributed by atoms with Gasteiger partial charge >= 0.3 is 6.18 Å². The van der Waals surface area contributed by atoms with Gasteiger partial charge in [-0.05, 0) is 54.7 Å². The lowest BCUT2D eigenvalue weighted by atomic mass is 10.1. The number of methoxy groups -OCH3 is 1. The number of hydrogen-bond donors (Lipinski definition) is 0. The van der Waals surface area contributed by atoms with Gasteiger partial charge in [-0.3, -0.25) is 4.18 Å². The Hall–Kier alpha value is -2.06. The van der Waals surface area contributed by atoms with Crippen LogP contribution in [0.2, 0.25) is 0 Å². The first-order chi connectivity index (χ1) is 12.7. The number of ether oxygens (including phenoxy) is 1. The largest absolute Gasteiger partial charge is 0.497 e. The van der Waals surface area contributed by atoms with E-state index in [-0.39, 0.29) is 24.2 Å². The van der Waals surface area contributed by atoms with Crippen LogP contribution < -0.4 is 4.74 Å². The molecule has 0 aromatic heterocycles. The molecular formula is C19H19F3O4S. The molecule has 0 radical (unpaired) electrons. The summed E-state index contributed by atoms with van der Waals surface area (Å²) in [5.41, 5.74) is 1.44. The smallest absolute Gasteiger partial charge is 0.391 e. The molecule has 1 saturated carbocycles. The lowest BCUT2D eigenvalue weighted by Gasteiger charge is -2.15. The Morgan fingerprint density at radius 3 is 2.30 bits per heavy atom. The lowest BCUT2D eigenvalue weighted by molar-refractivity contribution is -0.173. The second-order valence-corrected chi connectivity index (χ2v) is 8.05. The number of benzene rings is 2. The molecule has 0 spiro atoms. The van der Waals surface area contributed by atoms with Gasteiger partial charge in [-0.15, -0.1) is 0 Å². The minimum Gasteiger partial charge on any atom is -0.497 e. The molecule has 0 bridgehead atoms. The Labute approximate surface area is 156 Å². The molecule has 2 aromatic rings. The second-order valence-electron chi connectivity index (χ2n) is 6.48. The molecule has 0 aliphatic heterocycles. The zero-order chi connectivity index (χ0) is 19.7. The van der Waals surface area contributed by atoms with Crippen molar-refractivity contribution < 1.29 is 30.5 Å². The van der Waals surface area contributed by atoms with Crippen molar-refractivity contribution in [3.05, 3.63) is 48.5 Å². The van der Waals surface area contributed by atoms with Crippen LogP contribution in [-0.2, 0) is 14.3 Å². The third-order valence-corrected chi connectivity index (χ3v) is 6.01. The van der Waals surface area contributed by atoms with Crippen molar-refractivity contribution in [2.75, 3.05) is 7.11 Å². The fourth-order valence-electron chi connectivity index (χ4n) is 3.17. The third kappa shape index (κ3) is 4.62. The van der Waals surface area contributed by atoms with E-state index >= 15 is 0 Å². The summed E-state index contributed by atoms with van der Waals surface area (Å²) in [5, 5.41) is 0. The minimum atomic E-state index is -4.32. The Morgan fingerprint density at radius 2 is 1.70 bits per heavy atom. The van der Waals surface area contributed by atoms with Gasteiger partial charge in [-0.1, -0.05) is 24.3 Å². The van der Waals surface area contributed by atoms with Crippen molar-refractivity contribution in [2.45, 2.75) is 36.4 Å². The summed E-state index contributed by atoms with van der Waals surface area (Å²) < 4.78 is 73.5. The third-order valence-electron chi connectivity index (χ3n) is 4.66. The molecule has 8 heteroatoms. The molecule has 2 atom stereocenters. The number of hydrogen-bond acceptors (Lipinski definition) is 4. The average molecular weight is 400 g/mol. The van der Waals surface area contributed by atoms with Crippen LogP contribution in [0.4, 0.5) is 13.2 Å². The molecular weight excluding hydrogens is 381 g/mol. The quantitative estimate of drug-likeness (QED) is 0.677. The molecule has 0 heterocycles. The van der Waals surface area contributed by atoms with E-state index in [4.69, 9.17) is 8.92 Å². The van der Waals surface area contributed by atoms with Crippen molar-refractivity contribution in [3.8, 4) is 16.9 Å². The first-order valence-corrected chi connectivity index (χ1v) is 9.84. The van der Waals surface area contributed by atoms with Gasteiger partial charge in [0, 0.05) is 0 Å². The van der Waals surface area contributed by atoms with Crippen LogP contribution in [0, 0.1) is 5.92 Å². The zero-order valence-corrected chi connectivity index (χ0v) is 15.4. The maximum Gasteiger partial charge on any atom is 0.391 e. The highest BCUT2D eigenvalue weighted by Gasteiger charge is 2.45. The van der Waals surface area contributed by atoms with E-state index < -0.39 is 28.3 Å². The van der Waals surface area contributed by atoms with Crippen molar-refractivity contribution >= 4 is 10.1 Å². The SMILES string of the molecule is COc1ccc(-c2cccc(S(=O)(=O)OC3CCC(C(F)(F)F)C3)c2)cc1. The lowest BCUT2D eigenvalue weighted by Crippen LogP contribution is -2.22. The maximum atomic E-state index is 12.8. The first-order valence-electron chi connectivity index (χ1n) is 8.43. The van der Waals surface area contributed by atoms with Gasteiger partial charge < -0.3 is 4.74 Å². The molecule has 146 valence electrons. The molecule has 4 nitrogen and oxygen atoms in total. The predicted molar refractivity (Wildman–Crippen MR) is 93.9 cm³/mol. The highest BCUT2D eigenvalue weighted by atomic mass is 32.2. The van der Waals surface area contributed by atoms with Crippen LogP contribution in [0.3, 0.4) is 0 Å². The van der Waals surface area contributed by atoms with Gasteiger partial charge in [0.05, 0.1) is 24.0 Å². The molecule has 1 fully saturated rings. The van der Waals surface area contributed by atoms with Crippen LogP contribution in [0.1, 0.15) is 19.3 Å². The Balaban J connectivity index is 1.77. The van der Waals surface area contributed by atoms with Gasteiger partial charge in [-0.25, -0.2) is 0 Å². The molecule has 0 N–H and O–H groups in total. The van der Waals surface area contributed by atoms with Crippen LogP contribution in [-0.4, -0.2) is 27.8 Å². The van der Waals surface area contributed by atoms with Crippen molar-refractivity contribution in [1.82, 2.24) is 0 Å². The molecule has 1 aliphatic carbocycles. The summed E-state index contributed by atoms with van der Waals surface area (Å²) in [6.45, 7) is 0. The molecule has 2 unspecified atom stereocenters. The maximum absolute atomic E-state index is 12.8. The van der Waals surface area contributed by atoms with Gasteiger partial charge in [0.1, 0.15) is 5.75 Å². The first kappa shape index (κ1) is 19.7. The van der Waals surface area contributed by atoms with E-state index in [1.165, 1.54) is 12.1 Å². The molecule has 3 rings (SSSR count). The summed E-state index contributed by atoms with van der Waals surface area (Å²) in [6, 6.07) is 13.2. The monoisotopic (exact) mass is 400 g/mol. The van der Waals surface area contributed by atoms with Crippen molar-refractivity contribution in [1.29, 1.82) is 0 Å². The molecule has 2 aromatic carbocycles. The molecule has 0 saturated heterocycles. The Morgan fingerprint density at radius 1 is 1.00 bits per heavy atom. The number of alkyl halides is 3. The van der Waals surface area contributed by atoms with E-state index in [1.54, 1.807) is 43.5 Å². The van der Waals surface area contributed by atoms with Crippen molar-refractivity contribution in [3.63, 3.8) is 0 Å². The van der Waals surface area contributed by atoms with Gasteiger partial charge in [-0.2, -0.15) is 21.6 Å². The van der Waals surface area contributed by atoms with E-state index in [2.05, 4.69) is 0 Å². The van der Waals surface area contributed by atoms with Crippen LogP contribution in [0.15, 0.2) is 53.4 Å². The zero-order valence-electron chi connectivity index (χ0n) is 14.6. The molecule has 1 aliphatic rings. The highest BCUT2D eigenvalue weighted by Crippen LogP contribution is 2.40. The summed E-state index contributed by atoms with van der Waals surface area (Å²) in [5.74, 6) is -0.838. The fourth-order valence-corrected chi connectivity index (χ4v) is 4.33. The Kier molecular flexibility index (Phi) is 5.48. The van der Waals surface area contributed by atoms with Crippen LogP contribution >= 0.6 is 0 Å². The predicted octanol–water partition coefficient (Wildman–Crippen LogP) is 4.80.